The molecule has 1 aromatic heterocycles. The first-order valence-corrected chi connectivity index (χ1v) is 7.01. The Kier molecular flexibility index (Phi) is 5.56. The molecule has 2 amide bonds. The molecule has 1 aliphatic heterocycles. The van der Waals surface area contributed by atoms with Crippen LogP contribution in [0.1, 0.15) is 25.0 Å². The van der Waals surface area contributed by atoms with Gasteiger partial charge in [-0.05, 0) is 19.3 Å². The normalized spacial score (nSPS) is 19.7. The van der Waals surface area contributed by atoms with Gasteiger partial charge in [0.1, 0.15) is 6.04 Å². The summed E-state index contributed by atoms with van der Waals surface area (Å²) in [6.45, 7) is 1.10. The number of aliphatic carboxylic acids is 1. The third kappa shape index (κ3) is 5.07. The summed E-state index contributed by atoms with van der Waals surface area (Å²) in [4.78, 5) is 29.6. The molecule has 1 aliphatic rings. The van der Waals surface area contributed by atoms with Crippen molar-refractivity contribution in [3.8, 4) is 0 Å². The summed E-state index contributed by atoms with van der Waals surface area (Å²) in [7, 11) is 0. The van der Waals surface area contributed by atoms with Crippen LogP contribution in [-0.4, -0.2) is 52.4 Å². The molecule has 0 aromatic carbocycles. The third-order valence-electron chi connectivity index (χ3n) is 3.35. The molecule has 21 heavy (non-hydrogen) atoms. The molecule has 4 N–H and O–H groups in total. The number of carbonyl (C=O) groups is 2. The van der Waals surface area contributed by atoms with Gasteiger partial charge in [0.25, 0.3) is 0 Å². The zero-order valence-electron chi connectivity index (χ0n) is 11.7. The Hall–Kier alpha value is -2.09. The molecule has 0 spiro atoms. The van der Waals surface area contributed by atoms with Crippen molar-refractivity contribution in [3.63, 3.8) is 0 Å². The maximum absolute atomic E-state index is 11.8. The van der Waals surface area contributed by atoms with Crippen molar-refractivity contribution in [2.24, 2.45) is 0 Å². The number of amides is 2. The van der Waals surface area contributed by atoms with Crippen LogP contribution < -0.4 is 10.6 Å². The van der Waals surface area contributed by atoms with E-state index in [0.717, 1.165) is 19.3 Å². The molecular weight excluding hydrogens is 276 g/mol. The van der Waals surface area contributed by atoms with Gasteiger partial charge in [-0.25, -0.2) is 14.6 Å². The lowest BCUT2D eigenvalue weighted by Crippen LogP contribution is -2.49. The van der Waals surface area contributed by atoms with E-state index in [9.17, 15) is 9.59 Å². The van der Waals surface area contributed by atoms with Crippen molar-refractivity contribution in [2.45, 2.75) is 37.8 Å². The molecular formula is C13H20N4O4. The van der Waals surface area contributed by atoms with Crippen molar-refractivity contribution in [2.75, 3.05) is 13.2 Å². The quantitative estimate of drug-likeness (QED) is 0.601. The average molecular weight is 296 g/mol. The van der Waals surface area contributed by atoms with Gasteiger partial charge >= 0.3 is 12.0 Å². The van der Waals surface area contributed by atoms with E-state index in [0.29, 0.717) is 18.8 Å². The number of H-pyrrole nitrogens is 1. The molecule has 2 heterocycles. The molecule has 0 saturated carbocycles. The lowest BCUT2D eigenvalue weighted by atomic mass is 10.1. The number of hydrogen-bond acceptors (Lipinski definition) is 4. The molecule has 1 fully saturated rings. The standard InChI is InChI=1S/C13H20N4O4/c18-12(19)11(5-9-6-14-8-16-9)17-13(20)15-7-10-3-1-2-4-21-10/h6,8,10-11H,1-5,7H2,(H,14,16)(H,18,19)(H2,15,17,20)/t10?,11-/m1/s1. The van der Waals surface area contributed by atoms with Gasteiger partial charge < -0.3 is 25.5 Å². The van der Waals surface area contributed by atoms with Gasteiger partial charge in [0.15, 0.2) is 0 Å². The lowest BCUT2D eigenvalue weighted by Gasteiger charge is -2.23. The van der Waals surface area contributed by atoms with Crippen molar-refractivity contribution in [1.29, 1.82) is 0 Å². The van der Waals surface area contributed by atoms with Crippen LogP contribution in [0.2, 0.25) is 0 Å². The Labute approximate surface area is 122 Å². The summed E-state index contributed by atoms with van der Waals surface area (Å²) in [6, 6.07) is -1.51. The molecule has 1 unspecified atom stereocenters. The number of carbonyl (C=O) groups excluding carboxylic acids is 1. The highest BCUT2D eigenvalue weighted by Crippen LogP contribution is 2.11. The van der Waals surface area contributed by atoms with Gasteiger partial charge in [0.2, 0.25) is 0 Å². The van der Waals surface area contributed by atoms with Crippen LogP contribution in [0.5, 0.6) is 0 Å². The number of aromatic amines is 1. The van der Waals surface area contributed by atoms with E-state index in [1.807, 2.05) is 0 Å². The highest BCUT2D eigenvalue weighted by atomic mass is 16.5. The Balaban J connectivity index is 1.76. The second kappa shape index (κ2) is 7.63. The Bertz CT molecular complexity index is 457. The number of nitrogens with one attached hydrogen (secondary N) is 3. The molecule has 1 aromatic rings. The zero-order chi connectivity index (χ0) is 15.1. The average Bonchev–Trinajstić information content (AvgIpc) is 2.98. The topological polar surface area (TPSA) is 116 Å². The number of aromatic nitrogens is 2. The van der Waals surface area contributed by atoms with Gasteiger partial charge in [0, 0.05) is 31.5 Å². The van der Waals surface area contributed by atoms with E-state index in [-0.39, 0.29) is 12.5 Å². The van der Waals surface area contributed by atoms with Crippen molar-refractivity contribution in [3.05, 3.63) is 18.2 Å². The first kappa shape index (κ1) is 15.3. The highest BCUT2D eigenvalue weighted by Gasteiger charge is 2.22. The fourth-order valence-electron chi connectivity index (χ4n) is 2.20. The number of imidazole rings is 1. The first-order chi connectivity index (χ1) is 10.1. The van der Waals surface area contributed by atoms with E-state index in [2.05, 4.69) is 20.6 Å². The van der Waals surface area contributed by atoms with Crippen molar-refractivity contribution in [1.82, 2.24) is 20.6 Å². The van der Waals surface area contributed by atoms with Gasteiger partial charge in [-0.3, -0.25) is 0 Å². The maximum Gasteiger partial charge on any atom is 0.326 e. The zero-order valence-corrected chi connectivity index (χ0v) is 11.7. The number of nitrogens with zero attached hydrogens (tertiary/aromatic N) is 1. The smallest absolute Gasteiger partial charge is 0.326 e. The lowest BCUT2D eigenvalue weighted by molar-refractivity contribution is -0.139. The summed E-state index contributed by atoms with van der Waals surface area (Å²) in [6.07, 6.45) is 6.22. The number of rotatable bonds is 6. The van der Waals surface area contributed by atoms with E-state index >= 15 is 0 Å². The van der Waals surface area contributed by atoms with E-state index in [1.165, 1.54) is 12.5 Å². The molecule has 2 atom stereocenters. The third-order valence-corrected chi connectivity index (χ3v) is 3.35. The highest BCUT2D eigenvalue weighted by molar-refractivity contribution is 5.82. The minimum Gasteiger partial charge on any atom is -0.480 e. The summed E-state index contributed by atoms with van der Waals surface area (Å²) in [5.74, 6) is -1.09. The monoisotopic (exact) mass is 296 g/mol. The Morgan fingerprint density at radius 2 is 2.38 bits per heavy atom. The molecule has 0 aliphatic carbocycles. The molecule has 8 nitrogen and oxygen atoms in total. The van der Waals surface area contributed by atoms with Gasteiger partial charge in [0.05, 0.1) is 12.4 Å². The van der Waals surface area contributed by atoms with Crippen LogP contribution in [0.3, 0.4) is 0 Å². The minimum absolute atomic E-state index is 0.0142. The summed E-state index contributed by atoms with van der Waals surface area (Å²) in [5, 5.41) is 14.2. The van der Waals surface area contributed by atoms with Gasteiger partial charge in [-0.2, -0.15) is 0 Å². The number of carboxylic acids is 1. The van der Waals surface area contributed by atoms with Gasteiger partial charge in [-0.15, -0.1) is 0 Å². The number of ether oxygens (including phenoxy) is 1. The number of hydrogen-bond donors (Lipinski definition) is 4. The van der Waals surface area contributed by atoms with Crippen LogP contribution in [0, 0.1) is 0 Å². The van der Waals surface area contributed by atoms with Crippen LogP contribution in [0.25, 0.3) is 0 Å². The van der Waals surface area contributed by atoms with Crippen LogP contribution in [0.15, 0.2) is 12.5 Å². The molecule has 0 radical (unpaired) electrons. The number of urea groups is 1. The molecule has 116 valence electrons. The molecule has 8 heteroatoms. The van der Waals surface area contributed by atoms with Crippen molar-refractivity contribution < 1.29 is 19.4 Å². The van der Waals surface area contributed by atoms with Gasteiger partial charge in [-0.1, -0.05) is 0 Å². The summed E-state index contributed by atoms with van der Waals surface area (Å²) >= 11 is 0. The Morgan fingerprint density at radius 3 is 3.00 bits per heavy atom. The molecule has 2 rings (SSSR count). The maximum atomic E-state index is 11.8. The molecule has 1 saturated heterocycles. The predicted octanol–water partition coefficient (Wildman–Crippen LogP) is 0.274. The second-order valence-corrected chi connectivity index (χ2v) is 5.01. The Morgan fingerprint density at radius 1 is 1.52 bits per heavy atom. The van der Waals surface area contributed by atoms with E-state index in [1.54, 1.807) is 0 Å². The van der Waals surface area contributed by atoms with Crippen LogP contribution in [-0.2, 0) is 16.0 Å². The SMILES string of the molecule is O=C(NCC1CCCCO1)N[C@H](Cc1cnc[nH]1)C(=O)O. The predicted molar refractivity (Wildman–Crippen MR) is 73.8 cm³/mol. The van der Waals surface area contributed by atoms with Crippen molar-refractivity contribution >= 4 is 12.0 Å². The van der Waals surface area contributed by atoms with E-state index in [4.69, 9.17) is 9.84 Å². The fourth-order valence-corrected chi connectivity index (χ4v) is 2.20. The largest absolute Gasteiger partial charge is 0.480 e. The summed E-state index contributed by atoms with van der Waals surface area (Å²) in [5.41, 5.74) is 0.651. The van der Waals surface area contributed by atoms with Crippen LogP contribution in [0.4, 0.5) is 4.79 Å². The second-order valence-electron chi connectivity index (χ2n) is 5.01. The van der Waals surface area contributed by atoms with E-state index < -0.39 is 18.0 Å². The van der Waals surface area contributed by atoms with Crippen LogP contribution >= 0.6 is 0 Å². The first-order valence-electron chi connectivity index (χ1n) is 7.01. The molecule has 0 bridgehead atoms. The fraction of sp³-hybridized carbons (Fsp3) is 0.615. The summed E-state index contributed by atoms with van der Waals surface area (Å²) < 4.78 is 5.49. The minimum atomic E-state index is -1.09. The number of carboxylic acid groups (broad SMARTS) is 1.